The first kappa shape index (κ1) is 17.8. The Labute approximate surface area is 159 Å². The number of aromatic nitrogens is 4. The van der Waals surface area contributed by atoms with E-state index in [1.54, 1.807) is 13.3 Å². The molecule has 2 aliphatic heterocycles. The molecule has 0 amide bonds. The lowest BCUT2D eigenvalue weighted by Gasteiger charge is -2.17. The van der Waals surface area contributed by atoms with Crippen LogP contribution < -0.4 is 9.47 Å². The molecule has 0 radical (unpaired) electrons. The second kappa shape index (κ2) is 7.55. The third kappa shape index (κ3) is 3.75. The molecule has 1 aromatic rings. The van der Waals surface area contributed by atoms with Gasteiger partial charge in [0.25, 0.3) is 0 Å². The summed E-state index contributed by atoms with van der Waals surface area (Å²) in [5.74, 6) is 3.61. The zero-order valence-corrected chi connectivity index (χ0v) is 16.2. The fourth-order valence-electron chi connectivity index (χ4n) is 3.57. The van der Waals surface area contributed by atoms with E-state index in [1.807, 2.05) is 17.0 Å². The molecule has 27 heavy (non-hydrogen) atoms. The van der Waals surface area contributed by atoms with E-state index in [9.17, 15) is 0 Å². The van der Waals surface area contributed by atoms with Crippen LogP contribution in [0.1, 0.15) is 56.8 Å². The average Bonchev–Trinajstić information content (AvgIpc) is 3.32. The van der Waals surface area contributed by atoms with E-state index in [1.165, 1.54) is 12.8 Å². The predicted molar refractivity (Wildman–Crippen MR) is 104 cm³/mol. The normalized spacial score (nSPS) is 15.0. The number of hydrogen-bond acceptors (Lipinski definition) is 5. The second-order valence-electron chi connectivity index (χ2n) is 7.48. The topological polar surface area (TPSA) is 62.1 Å². The third-order valence-electron chi connectivity index (χ3n) is 5.05. The Bertz CT molecular complexity index is 884. The molecular formula is C21H26N4O2. The monoisotopic (exact) mass is 366 g/mol. The number of benzene rings is 1. The van der Waals surface area contributed by atoms with Crippen LogP contribution in [0.5, 0.6) is 11.5 Å². The first-order chi connectivity index (χ1) is 13.1. The number of imidazole rings is 1. The van der Waals surface area contributed by atoms with Gasteiger partial charge in [-0.25, -0.2) is 15.0 Å². The van der Waals surface area contributed by atoms with Crippen molar-refractivity contribution in [2.45, 2.75) is 58.1 Å². The maximum absolute atomic E-state index is 6.22. The van der Waals surface area contributed by atoms with E-state index in [2.05, 4.69) is 35.9 Å². The minimum Gasteiger partial charge on any atom is -0.493 e. The quantitative estimate of drug-likeness (QED) is 0.651. The fourth-order valence-corrected chi connectivity index (χ4v) is 3.57. The molecule has 0 bridgehead atoms. The fraction of sp³-hybridized carbons (Fsp3) is 0.476. The number of methoxy groups -OCH3 is 1. The Hall–Kier alpha value is -2.63. The summed E-state index contributed by atoms with van der Waals surface area (Å²) in [4.78, 5) is 13.6. The Balaban J connectivity index is 1.61. The average molecular weight is 366 g/mol. The van der Waals surface area contributed by atoms with Crippen LogP contribution in [0.2, 0.25) is 0 Å². The highest BCUT2D eigenvalue weighted by Gasteiger charge is 2.20. The molecule has 0 atom stereocenters. The first-order valence-electron chi connectivity index (χ1n) is 9.65. The molecule has 1 saturated carbocycles. The second-order valence-corrected chi connectivity index (χ2v) is 7.48. The summed E-state index contributed by atoms with van der Waals surface area (Å²) in [6.45, 7) is 4.86. The molecule has 0 unspecified atom stereocenters. The van der Waals surface area contributed by atoms with Crippen molar-refractivity contribution in [2.75, 3.05) is 7.11 Å². The maximum Gasteiger partial charge on any atom is 0.163 e. The molecule has 4 rings (SSSR count). The molecule has 6 heteroatoms. The van der Waals surface area contributed by atoms with Crippen LogP contribution in [-0.2, 0) is 6.54 Å². The molecule has 0 N–H and O–H groups in total. The van der Waals surface area contributed by atoms with Crippen LogP contribution in [0, 0.1) is 0 Å². The van der Waals surface area contributed by atoms with Gasteiger partial charge >= 0.3 is 0 Å². The minimum absolute atomic E-state index is 0.290. The largest absolute Gasteiger partial charge is 0.493 e. The Morgan fingerprint density at radius 1 is 1.15 bits per heavy atom. The summed E-state index contributed by atoms with van der Waals surface area (Å²) in [7, 11) is 1.68. The molecule has 0 spiro atoms. The molecular weight excluding hydrogens is 340 g/mol. The first-order valence-corrected chi connectivity index (χ1v) is 9.65. The number of nitrogens with zero attached hydrogens (tertiary/aromatic N) is 4. The highest BCUT2D eigenvalue weighted by Crippen LogP contribution is 2.33. The molecule has 0 aromatic heterocycles. The minimum atomic E-state index is 0.290. The lowest BCUT2D eigenvalue weighted by atomic mass is 10.2. The van der Waals surface area contributed by atoms with Gasteiger partial charge in [-0.05, 0) is 43.4 Å². The van der Waals surface area contributed by atoms with Gasteiger partial charge in [0, 0.05) is 5.92 Å². The molecule has 3 aliphatic rings. The number of ether oxygens (including phenoxy) is 2. The van der Waals surface area contributed by atoms with Crippen LogP contribution in [0.3, 0.4) is 0 Å². The van der Waals surface area contributed by atoms with Gasteiger partial charge in [-0.3, -0.25) is 0 Å². The van der Waals surface area contributed by atoms with Crippen LogP contribution in [-0.4, -0.2) is 32.7 Å². The summed E-state index contributed by atoms with van der Waals surface area (Å²) in [5.41, 5.74) is 1.95. The van der Waals surface area contributed by atoms with Crippen molar-refractivity contribution in [3.05, 3.63) is 42.1 Å². The zero-order valence-electron chi connectivity index (χ0n) is 16.2. The predicted octanol–water partition coefficient (Wildman–Crippen LogP) is 4.28. The van der Waals surface area contributed by atoms with E-state index in [0.717, 1.165) is 47.2 Å². The smallest absolute Gasteiger partial charge is 0.163 e. The highest BCUT2D eigenvalue weighted by molar-refractivity contribution is 5.51. The lowest BCUT2D eigenvalue weighted by molar-refractivity contribution is 0.200. The van der Waals surface area contributed by atoms with Crippen molar-refractivity contribution >= 4 is 0 Å². The third-order valence-corrected chi connectivity index (χ3v) is 5.05. The maximum atomic E-state index is 6.22. The lowest BCUT2D eigenvalue weighted by Crippen LogP contribution is -2.12. The molecule has 1 aromatic carbocycles. The van der Waals surface area contributed by atoms with Gasteiger partial charge in [0.2, 0.25) is 0 Å². The van der Waals surface area contributed by atoms with Gasteiger partial charge < -0.3 is 14.0 Å². The summed E-state index contributed by atoms with van der Waals surface area (Å²) >= 11 is 0. The van der Waals surface area contributed by atoms with Crippen molar-refractivity contribution in [3.63, 3.8) is 0 Å². The number of hydrogen-bond donors (Lipinski definition) is 0. The summed E-state index contributed by atoms with van der Waals surface area (Å²) < 4.78 is 13.8. The van der Waals surface area contributed by atoms with Crippen LogP contribution in [0.25, 0.3) is 11.5 Å². The van der Waals surface area contributed by atoms with Crippen molar-refractivity contribution in [1.29, 1.82) is 0 Å². The molecule has 6 nitrogen and oxygen atoms in total. The number of fused-ring (bicyclic) bond motifs is 1. The Morgan fingerprint density at radius 2 is 1.96 bits per heavy atom. The Kier molecular flexibility index (Phi) is 4.97. The van der Waals surface area contributed by atoms with Gasteiger partial charge in [-0.2, -0.15) is 0 Å². The molecule has 142 valence electrons. The zero-order chi connectivity index (χ0) is 18.8. The van der Waals surface area contributed by atoms with Crippen molar-refractivity contribution < 1.29 is 9.47 Å². The van der Waals surface area contributed by atoms with E-state index in [4.69, 9.17) is 14.5 Å². The molecule has 1 aliphatic carbocycles. The van der Waals surface area contributed by atoms with Gasteiger partial charge in [0.1, 0.15) is 11.5 Å². The van der Waals surface area contributed by atoms with Crippen LogP contribution in [0.4, 0.5) is 0 Å². The number of rotatable bonds is 6. The molecule has 2 heterocycles. The highest BCUT2D eigenvalue weighted by atomic mass is 16.5. The SMILES string of the molecule is COc1ccc(Cn2cncc3nc(C(C)C)nc2-3)cc1OC1CCCC1. The van der Waals surface area contributed by atoms with Crippen molar-refractivity contribution in [2.24, 2.45) is 0 Å². The summed E-state index contributed by atoms with van der Waals surface area (Å²) in [6, 6.07) is 6.11. The van der Waals surface area contributed by atoms with Crippen LogP contribution >= 0.6 is 0 Å². The van der Waals surface area contributed by atoms with E-state index < -0.39 is 0 Å². The summed E-state index contributed by atoms with van der Waals surface area (Å²) in [6.07, 6.45) is 8.59. The van der Waals surface area contributed by atoms with Crippen molar-refractivity contribution in [3.8, 4) is 23.0 Å². The molecule has 1 fully saturated rings. The van der Waals surface area contributed by atoms with Crippen molar-refractivity contribution in [1.82, 2.24) is 19.5 Å². The van der Waals surface area contributed by atoms with E-state index in [-0.39, 0.29) is 0 Å². The van der Waals surface area contributed by atoms with Gasteiger partial charge in [-0.1, -0.05) is 19.9 Å². The van der Waals surface area contributed by atoms with E-state index >= 15 is 0 Å². The van der Waals surface area contributed by atoms with E-state index in [0.29, 0.717) is 18.6 Å². The van der Waals surface area contributed by atoms with Crippen LogP contribution in [0.15, 0.2) is 30.7 Å². The molecule has 0 saturated heterocycles. The van der Waals surface area contributed by atoms with Gasteiger partial charge in [-0.15, -0.1) is 0 Å². The standard InChI is InChI=1S/C21H26N4O2/c1-14(2)20-23-17-11-22-13-25(21(17)24-20)12-15-8-9-18(26-3)19(10-15)27-16-6-4-5-7-16/h8-11,13-14,16H,4-7,12H2,1-3H3. The Morgan fingerprint density at radius 3 is 2.70 bits per heavy atom. The van der Waals surface area contributed by atoms with Gasteiger partial charge in [0.05, 0.1) is 32.3 Å². The van der Waals surface area contributed by atoms with Gasteiger partial charge in [0.15, 0.2) is 17.3 Å². The summed E-state index contributed by atoms with van der Waals surface area (Å²) in [5, 5.41) is 0.